The van der Waals surface area contributed by atoms with Crippen LogP contribution in [0.5, 0.6) is 0 Å². The molecule has 2 heterocycles. The van der Waals surface area contributed by atoms with E-state index in [1.54, 1.807) is 12.1 Å². The summed E-state index contributed by atoms with van der Waals surface area (Å²) in [5.74, 6) is 1.03. The van der Waals surface area contributed by atoms with Gasteiger partial charge in [0, 0.05) is 23.9 Å². The van der Waals surface area contributed by atoms with Crippen LogP contribution < -0.4 is 5.73 Å². The summed E-state index contributed by atoms with van der Waals surface area (Å²) in [4.78, 5) is 3.89. The second-order valence-electron chi connectivity index (χ2n) is 6.10. The highest BCUT2D eigenvalue weighted by Crippen LogP contribution is 2.34. The number of thiophene rings is 1. The molecule has 2 nitrogen and oxygen atoms in total. The predicted octanol–water partition coefficient (Wildman–Crippen LogP) is 3.84. The van der Waals surface area contributed by atoms with E-state index in [0.29, 0.717) is 11.8 Å². The van der Waals surface area contributed by atoms with E-state index in [9.17, 15) is 4.39 Å². The van der Waals surface area contributed by atoms with Gasteiger partial charge in [-0.2, -0.15) is 0 Å². The van der Waals surface area contributed by atoms with Crippen LogP contribution in [0.25, 0.3) is 0 Å². The second kappa shape index (κ2) is 7.36. The topological polar surface area (TPSA) is 29.3 Å². The van der Waals surface area contributed by atoms with Crippen LogP contribution in [0.4, 0.5) is 4.39 Å². The molecule has 118 valence electrons. The number of hydrogen-bond donors (Lipinski definition) is 1. The lowest BCUT2D eigenvalue weighted by Gasteiger charge is -2.35. The number of benzene rings is 1. The molecule has 1 aliphatic heterocycles. The van der Waals surface area contributed by atoms with Crippen molar-refractivity contribution in [3.8, 4) is 0 Å². The third kappa shape index (κ3) is 3.75. The molecule has 0 bridgehead atoms. The van der Waals surface area contributed by atoms with Crippen LogP contribution in [-0.2, 0) is 6.54 Å². The highest BCUT2D eigenvalue weighted by atomic mass is 32.1. The zero-order valence-corrected chi connectivity index (χ0v) is 13.6. The molecule has 0 aliphatic carbocycles. The molecule has 1 aliphatic rings. The monoisotopic (exact) mass is 318 g/mol. The summed E-state index contributed by atoms with van der Waals surface area (Å²) >= 11 is 1.82. The first kappa shape index (κ1) is 15.7. The van der Waals surface area contributed by atoms with Crippen molar-refractivity contribution in [2.75, 3.05) is 19.6 Å². The summed E-state index contributed by atoms with van der Waals surface area (Å²) in [6.45, 7) is 3.86. The van der Waals surface area contributed by atoms with Crippen molar-refractivity contribution in [2.24, 2.45) is 11.7 Å². The molecule has 2 aromatic rings. The smallest absolute Gasteiger partial charge is 0.123 e. The van der Waals surface area contributed by atoms with Crippen molar-refractivity contribution in [3.05, 3.63) is 58.0 Å². The van der Waals surface area contributed by atoms with Crippen molar-refractivity contribution in [3.63, 3.8) is 0 Å². The first-order valence-corrected chi connectivity index (χ1v) is 8.84. The van der Waals surface area contributed by atoms with Crippen LogP contribution in [0, 0.1) is 11.7 Å². The van der Waals surface area contributed by atoms with Gasteiger partial charge in [-0.05, 0) is 61.0 Å². The fourth-order valence-corrected chi connectivity index (χ4v) is 4.34. The molecule has 0 spiro atoms. The molecule has 1 atom stereocenters. The highest BCUT2D eigenvalue weighted by Gasteiger charge is 2.27. The molecular formula is C18H23FN2S. The number of rotatable bonds is 5. The molecular weight excluding hydrogens is 295 g/mol. The van der Waals surface area contributed by atoms with Crippen molar-refractivity contribution in [1.29, 1.82) is 0 Å². The van der Waals surface area contributed by atoms with Gasteiger partial charge in [-0.1, -0.05) is 18.2 Å². The van der Waals surface area contributed by atoms with E-state index in [1.807, 2.05) is 23.5 Å². The Bertz CT molecular complexity index is 559. The lowest BCUT2D eigenvalue weighted by Crippen LogP contribution is -2.36. The molecule has 1 aromatic carbocycles. The first-order valence-electron chi connectivity index (χ1n) is 7.96. The Hall–Kier alpha value is -1.23. The van der Waals surface area contributed by atoms with Crippen LogP contribution in [0.2, 0.25) is 0 Å². The Kier molecular flexibility index (Phi) is 5.24. The molecule has 2 N–H and O–H groups in total. The first-order chi connectivity index (χ1) is 10.8. The van der Waals surface area contributed by atoms with Crippen LogP contribution in [0.1, 0.15) is 29.2 Å². The number of likely N-dealkylation sites (tertiary alicyclic amines) is 1. The van der Waals surface area contributed by atoms with Crippen LogP contribution in [0.3, 0.4) is 0 Å². The average molecular weight is 318 g/mol. The predicted molar refractivity (Wildman–Crippen MR) is 90.5 cm³/mol. The van der Waals surface area contributed by atoms with Gasteiger partial charge in [0.25, 0.3) is 0 Å². The minimum atomic E-state index is -0.163. The molecule has 0 amide bonds. The maximum absolute atomic E-state index is 13.0. The standard InChI is InChI=1S/C18H23FN2S/c19-16-5-3-14(4-6-16)13-21-9-7-15(8-10-21)17(12-20)18-2-1-11-22-18/h1-6,11,15,17H,7-10,12-13,20H2. The van der Waals surface area contributed by atoms with Gasteiger partial charge in [-0.15, -0.1) is 11.3 Å². The largest absolute Gasteiger partial charge is 0.330 e. The van der Waals surface area contributed by atoms with Crippen LogP contribution in [0.15, 0.2) is 41.8 Å². The van der Waals surface area contributed by atoms with Gasteiger partial charge >= 0.3 is 0 Å². The second-order valence-corrected chi connectivity index (χ2v) is 7.08. The summed E-state index contributed by atoms with van der Waals surface area (Å²) in [6.07, 6.45) is 2.39. The Morgan fingerprint density at radius 3 is 2.50 bits per heavy atom. The zero-order valence-electron chi connectivity index (χ0n) is 12.7. The van der Waals surface area contributed by atoms with E-state index in [4.69, 9.17) is 5.73 Å². The summed E-state index contributed by atoms with van der Waals surface area (Å²) in [7, 11) is 0. The van der Waals surface area contributed by atoms with Gasteiger partial charge in [0.1, 0.15) is 5.82 Å². The third-order valence-corrected chi connectivity index (χ3v) is 5.69. The number of piperidine rings is 1. The number of nitrogens with two attached hydrogens (primary N) is 1. The quantitative estimate of drug-likeness (QED) is 0.907. The summed E-state index contributed by atoms with van der Waals surface area (Å²) in [5.41, 5.74) is 7.21. The summed E-state index contributed by atoms with van der Waals surface area (Å²) < 4.78 is 13.0. The Balaban J connectivity index is 1.54. The van der Waals surface area contributed by atoms with E-state index >= 15 is 0 Å². The van der Waals surface area contributed by atoms with Gasteiger partial charge in [-0.25, -0.2) is 4.39 Å². The molecule has 22 heavy (non-hydrogen) atoms. The zero-order chi connectivity index (χ0) is 15.4. The molecule has 1 unspecified atom stereocenters. The van der Waals surface area contributed by atoms with Gasteiger partial charge in [-0.3, -0.25) is 4.90 Å². The van der Waals surface area contributed by atoms with Crippen molar-refractivity contribution in [1.82, 2.24) is 4.90 Å². The van der Waals surface area contributed by atoms with Crippen molar-refractivity contribution >= 4 is 11.3 Å². The fraction of sp³-hybridized carbons (Fsp3) is 0.444. The van der Waals surface area contributed by atoms with Crippen LogP contribution in [-0.4, -0.2) is 24.5 Å². The SMILES string of the molecule is NCC(c1cccs1)C1CCN(Cc2ccc(F)cc2)CC1. The minimum absolute atomic E-state index is 0.163. The molecule has 0 radical (unpaired) electrons. The normalized spacial score (nSPS) is 18.5. The number of nitrogens with zero attached hydrogens (tertiary/aromatic N) is 1. The maximum atomic E-state index is 13.0. The van der Waals surface area contributed by atoms with Crippen molar-refractivity contribution in [2.45, 2.75) is 25.3 Å². The molecule has 0 saturated carbocycles. The lowest BCUT2D eigenvalue weighted by molar-refractivity contribution is 0.163. The Labute approximate surface area is 135 Å². The van der Waals surface area contributed by atoms with E-state index < -0.39 is 0 Å². The van der Waals surface area contributed by atoms with Gasteiger partial charge in [0.2, 0.25) is 0 Å². The molecule has 1 saturated heterocycles. The third-order valence-electron chi connectivity index (χ3n) is 4.68. The molecule has 4 heteroatoms. The average Bonchev–Trinajstić information content (AvgIpc) is 3.06. The Morgan fingerprint density at radius 1 is 1.18 bits per heavy atom. The van der Waals surface area contributed by atoms with E-state index in [-0.39, 0.29) is 5.82 Å². The molecule has 1 aromatic heterocycles. The maximum Gasteiger partial charge on any atom is 0.123 e. The van der Waals surface area contributed by atoms with Crippen LogP contribution >= 0.6 is 11.3 Å². The van der Waals surface area contributed by atoms with E-state index in [1.165, 1.54) is 23.3 Å². The Morgan fingerprint density at radius 2 is 1.91 bits per heavy atom. The summed E-state index contributed by atoms with van der Waals surface area (Å²) in [6, 6.07) is 11.2. The van der Waals surface area contributed by atoms with Gasteiger partial charge in [0.05, 0.1) is 0 Å². The minimum Gasteiger partial charge on any atom is -0.330 e. The molecule has 1 fully saturated rings. The van der Waals surface area contributed by atoms with Gasteiger partial charge < -0.3 is 5.73 Å². The number of hydrogen-bond acceptors (Lipinski definition) is 3. The van der Waals surface area contributed by atoms with Crippen molar-refractivity contribution < 1.29 is 4.39 Å². The van der Waals surface area contributed by atoms with E-state index in [2.05, 4.69) is 22.4 Å². The van der Waals surface area contributed by atoms with Gasteiger partial charge in [0.15, 0.2) is 0 Å². The highest BCUT2D eigenvalue weighted by molar-refractivity contribution is 7.10. The lowest BCUT2D eigenvalue weighted by atomic mass is 9.83. The number of halogens is 1. The fourth-order valence-electron chi connectivity index (χ4n) is 3.40. The van der Waals surface area contributed by atoms with E-state index in [0.717, 1.165) is 26.2 Å². The summed E-state index contributed by atoms with van der Waals surface area (Å²) in [5, 5.41) is 2.14. The molecule has 3 rings (SSSR count).